The number of allylic oxidation sites excluding steroid dienone is 5. The van der Waals surface area contributed by atoms with Crippen molar-refractivity contribution in [2.45, 2.75) is 6.54 Å². The minimum atomic E-state index is -0.742. The molecule has 3 aliphatic rings. The summed E-state index contributed by atoms with van der Waals surface area (Å²) in [5.74, 6) is -1.35. The number of methoxy groups -OCH3 is 1. The van der Waals surface area contributed by atoms with Crippen LogP contribution in [0.15, 0.2) is 53.5 Å². The van der Waals surface area contributed by atoms with Gasteiger partial charge in [-0.05, 0) is 35.9 Å². The van der Waals surface area contributed by atoms with Gasteiger partial charge in [-0.25, -0.2) is 0 Å². The van der Waals surface area contributed by atoms with E-state index in [1.165, 1.54) is 25.3 Å². The Balaban J connectivity index is 1.66. The Morgan fingerprint density at radius 3 is 2.61 bits per heavy atom. The van der Waals surface area contributed by atoms with Gasteiger partial charge < -0.3 is 14.2 Å². The van der Waals surface area contributed by atoms with E-state index in [4.69, 9.17) is 14.2 Å². The van der Waals surface area contributed by atoms with Crippen molar-refractivity contribution in [2.75, 3.05) is 33.4 Å². The van der Waals surface area contributed by atoms with Crippen molar-refractivity contribution in [2.24, 2.45) is 0 Å². The lowest BCUT2D eigenvalue weighted by molar-refractivity contribution is -0.115. The molecule has 0 bridgehead atoms. The molecule has 0 unspecified atom stereocenters. The Labute approximate surface area is 161 Å². The summed E-state index contributed by atoms with van der Waals surface area (Å²) in [7, 11) is 1.37. The highest BCUT2D eigenvalue weighted by molar-refractivity contribution is 6.50. The molecule has 7 heteroatoms. The van der Waals surface area contributed by atoms with E-state index in [1.807, 2.05) is 6.07 Å². The van der Waals surface area contributed by atoms with Crippen molar-refractivity contribution in [3.05, 3.63) is 64.6 Å². The van der Waals surface area contributed by atoms with Crippen molar-refractivity contribution in [1.29, 1.82) is 0 Å². The van der Waals surface area contributed by atoms with E-state index in [2.05, 4.69) is 4.90 Å². The van der Waals surface area contributed by atoms with Gasteiger partial charge in [0.05, 0.1) is 25.9 Å². The molecule has 144 valence electrons. The topological polar surface area (TPSA) is 82.1 Å². The maximum Gasteiger partial charge on any atom is 0.269 e. The normalized spacial score (nSPS) is 22.6. The third-order valence-electron chi connectivity index (χ3n) is 4.85. The molecule has 0 N–H and O–H groups in total. The van der Waals surface area contributed by atoms with E-state index in [-0.39, 0.29) is 22.9 Å². The zero-order valence-electron chi connectivity index (χ0n) is 15.4. The van der Waals surface area contributed by atoms with Crippen LogP contribution >= 0.6 is 0 Å². The quantitative estimate of drug-likeness (QED) is 0.581. The van der Waals surface area contributed by atoms with Gasteiger partial charge in [0.2, 0.25) is 11.6 Å². The van der Waals surface area contributed by atoms with Gasteiger partial charge in [0.25, 0.3) is 5.78 Å². The lowest BCUT2D eigenvalue weighted by atomic mass is 9.96. The Hall–Kier alpha value is -3.03. The van der Waals surface area contributed by atoms with E-state index >= 15 is 0 Å². The van der Waals surface area contributed by atoms with Gasteiger partial charge in [0.15, 0.2) is 11.5 Å². The van der Waals surface area contributed by atoms with Gasteiger partial charge in [-0.2, -0.15) is 0 Å². The molecule has 7 nitrogen and oxygen atoms in total. The molecule has 2 heterocycles. The molecule has 0 radical (unpaired) electrons. The number of rotatable bonds is 3. The van der Waals surface area contributed by atoms with E-state index in [9.17, 15) is 14.4 Å². The molecule has 28 heavy (non-hydrogen) atoms. The number of carbonyl (C=O) groups excluding carboxylic acids is 3. The highest BCUT2D eigenvalue weighted by atomic mass is 16.5. The van der Waals surface area contributed by atoms with Crippen LogP contribution in [0.2, 0.25) is 0 Å². The fraction of sp³-hybridized carbons (Fsp3) is 0.286. The molecular weight excluding hydrogens is 362 g/mol. The summed E-state index contributed by atoms with van der Waals surface area (Å²) in [5, 5.41) is 0. The highest BCUT2D eigenvalue weighted by Gasteiger charge is 2.34. The fourth-order valence-electron chi connectivity index (χ4n) is 3.34. The predicted molar refractivity (Wildman–Crippen MR) is 98.8 cm³/mol. The molecule has 1 saturated heterocycles. The van der Waals surface area contributed by atoms with Crippen LogP contribution in [0.5, 0.6) is 5.75 Å². The van der Waals surface area contributed by atoms with E-state index < -0.39 is 11.6 Å². The first-order valence-electron chi connectivity index (χ1n) is 8.99. The second-order valence-electron chi connectivity index (χ2n) is 6.67. The summed E-state index contributed by atoms with van der Waals surface area (Å²) in [5.41, 5.74) is 1.56. The van der Waals surface area contributed by atoms with E-state index in [1.54, 1.807) is 12.1 Å². The number of fused-ring (bicyclic) bond motifs is 1. The second-order valence-corrected chi connectivity index (χ2v) is 6.67. The maximum atomic E-state index is 12.6. The molecule has 1 aromatic rings. The number of ether oxygens (including phenoxy) is 3. The van der Waals surface area contributed by atoms with Crippen molar-refractivity contribution in [1.82, 2.24) is 4.90 Å². The van der Waals surface area contributed by atoms with Gasteiger partial charge in [-0.1, -0.05) is 6.07 Å². The lowest BCUT2D eigenvalue weighted by Crippen LogP contribution is -2.35. The number of nitrogens with zero attached hydrogens (tertiary/aromatic N) is 1. The first-order chi connectivity index (χ1) is 13.6. The number of Topliss-reactive ketones (excluding diaryl/α,β-unsaturated/α-hetero) is 2. The average molecular weight is 381 g/mol. The number of carbonyl (C=O) groups is 3. The Morgan fingerprint density at radius 2 is 1.86 bits per heavy atom. The van der Waals surface area contributed by atoms with Crippen molar-refractivity contribution in [3.8, 4) is 5.75 Å². The molecule has 0 saturated carbocycles. The smallest absolute Gasteiger partial charge is 0.269 e. The summed E-state index contributed by atoms with van der Waals surface area (Å²) in [6, 6.07) is 5.25. The third-order valence-corrected chi connectivity index (χ3v) is 4.85. The molecular formula is C21H19NO6. The van der Waals surface area contributed by atoms with Crippen LogP contribution in [0.3, 0.4) is 0 Å². The Bertz CT molecular complexity index is 950. The first-order valence-corrected chi connectivity index (χ1v) is 8.99. The molecule has 0 aromatic heterocycles. The van der Waals surface area contributed by atoms with E-state index in [0.29, 0.717) is 31.1 Å². The van der Waals surface area contributed by atoms with Gasteiger partial charge in [0, 0.05) is 25.2 Å². The van der Waals surface area contributed by atoms with Crippen LogP contribution in [0.25, 0.3) is 0 Å². The molecule has 1 aliphatic carbocycles. The molecule has 0 amide bonds. The molecule has 0 atom stereocenters. The zero-order valence-corrected chi connectivity index (χ0v) is 15.4. The van der Waals surface area contributed by atoms with Gasteiger partial charge in [0.1, 0.15) is 5.75 Å². The molecule has 1 fully saturated rings. The van der Waals surface area contributed by atoms with Crippen LogP contribution in [0.4, 0.5) is 0 Å². The first kappa shape index (κ1) is 18.3. The van der Waals surface area contributed by atoms with Crippen LogP contribution in [0.1, 0.15) is 15.9 Å². The van der Waals surface area contributed by atoms with Gasteiger partial charge in [-0.3, -0.25) is 19.3 Å². The predicted octanol–water partition coefficient (Wildman–Crippen LogP) is 1.59. The van der Waals surface area contributed by atoms with Crippen molar-refractivity contribution >= 4 is 17.3 Å². The number of hydrogen-bond donors (Lipinski definition) is 0. The minimum absolute atomic E-state index is 0.0840. The number of hydrogen-bond acceptors (Lipinski definition) is 7. The maximum absolute atomic E-state index is 12.6. The number of benzene rings is 1. The molecule has 0 spiro atoms. The zero-order chi connectivity index (χ0) is 19.7. The van der Waals surface area contributed by atoms with E-state index in [0.717, 1.165) is 18.7 Å². The molecule has 4 rings (SSSR count). The van der Waals surface area contributed by atoms with Crippen LogP contribution in [-0.4, -0.2) is 55.7 Å². The standard InChI is InChI=1S/C21H19NO6/c1-26-18-11-14(3-5-16(18)23)21-20(25)19(24)15-4-2-13(10-17(15)28-21)12-22-6-8-27-9-7-22/h2-5,10-11H,6-9,12H2,1H3/b21-14-. The lowest BCUT2D eigenvalue weighted by Gasteiger charge is -2.27. The van der Waals surface area contributed by atoms with Gasteiger partial charge in [-0.15, -0.1) is 0 Å². The van der Waals surface area contributed by atoms with Crippen molar-refractivity contribution < 1.29 is 28.6 Å². The number of morpholine rings is 1. The monoisotopic (exact) mass is 381 g/mol. The number of ketones is 3. The average Bonchev–Trinajstić information content (AvgIpc) is 2.72. The Kier molecular flexibility index (Phi) is 4.93. The fourth-order valence-corrected chi connectivity index (χ4v) is 3.34. The van der Waals surface area contributed by atoms with Crippen LogP contribution in [0, 0.1) is 0 Å². The highest BCUT2D eigenvalue weighted by Crippen LogP contribution is 2.32. The van der Waals surface area contributed by atoms with Gasteiger partial charge >= 0.3 is 0 Å². The largest absolute Gasteiger partial charge is 0.493 e. The summed E-state index contributed by atoms with van der Waals surface area (Å²) < 4.78 is 16.2. The molecule has 1 aromatic carbocycles. The third kappa shape index (κ3) is 3.42. The summed E-state index contributed by atoms with van der Waals surface area (Å²) in [6.45, 7) is 3.78. The summed E-state index contributed by atoms with van der Waals surface area (Å²) >= 11 is 0. The van der Waals surface area contributed by atoms with Crippen molar-refractivity contribution in [3.63, 3.8) is 0 Å². The van der Waals surface area contributed by atoms with Crippen LogP contribution in [-0.2, 0) is 25.6 Å². The second kappa shape index (κ2) is 7.53. The SMILES string of the molecule is COC1=C/C(=C2\Oc3cc(CN4CCOCC4)ccc3C(=O)C2=O)C=CC1=O. The Morgan fingerprint density at radius 1 is 1.07 bits per heavy atom. The van der Waals surface area contributed by atoms with Crippen LogP contribution < -0.4 is 4.74 Å². The summed E-state index contributed by atoms with van der Waals surface area (Å²) in [4.78, 5) is 39.1. The minimum Gasteiger partial charge on any atom is -0.493 e. The summed E-state index contributed by atoms with van der Waals surface area (Å²) in [6.07, 6.45) is 4.14. The molecule has 2 aliphatic heterocycles.